The van der Waals surface area contributed by atoms with Gasteiger partial charge in [0.15, 0.2) is 5.76 Å². The number of carbonyl (C=O) groups excluding carboxylic acids is 1. The number of halogens is 2. The van der Waals surface area contributed by atoms with E-state index in [1.54, 1.807) is 30.5 Å². The summed E-state index contributed by atoms with van der Waals surface area (Å²) in [6, 6.07) is 12.5. The van der Waals surface area contributed by atoms with Gasteiger partial charge in [-0.3, -0.25) is 4.79 Å². The number of carbonyl (C=O) groups is 1. The molecule has 0 atom stereocenters. The molecule has 1 amide bonds. The summed E-state index contributed by atoms with van der Waals surface area (Å²) in [6.07, 6.45) is 2.51. The Morgan fingerprint density at radius 1 is 1.15 bits per heavy atom. The number of rotatable bonds is 7. The second-order valence-corrected chi connectivity index (χ2v) is 6.80. The fourth-order valence-electron chi connectivity index (χ4n) is 2.53. The molecule has 1 aromatic heterocycles. The largest absolute Gasteiger partial charge is 0.439 e. The van der Waals surface area contributed by atoms with Crippen LogP contribution in [-0.4, -0.2) is 17.4 Å². The van der Waals surface area contributed by atoms with Crippen molar-refractivity contribution >= 4 is 34.8 Å². The highest BCUT2D eigenvalue weighted by Gasteiger charge is 2.13. The number of hydrogen-bond donors (Lipinski definition) is 2. The van der Waals surface area contributed by atoms with E-state index in [-0.39, 0.29) is 5.91 Å². The van der Waals surface area contributed by atoms with Crippen LogP contribution < -0.4 is 10.6 Å². The molecule has 5 nitrogen and oxygen atoms in total. The molecular formula is C20H19Cl2N3O2. The van der Waals surface area contributed by atoms with Gasteiger partial charge >= 0.3 is 0 Å². The Kier molecular flexibility index (Phi) is 6.37. The van der Waals surface area contributed by atoms with Crippen molar-refractivity contribution in [1.29, 1.82) is 0 Å². The van der Waals surface area contributed by atoms with E-state index in [2.05, 4.69) is 15.6 Å². The first kappa shape index (κ1) is 19.3. The zero-order chi connectivity index (χ0) is 19.2. The zero-order valence-corrected chi connectivity index (χ0v) is 16.3. The molecule has 3 rings (SSSR count). The molecule has 0 bridgehead atoms. The molecule has 0 spiro atoms. The number of nitrogens with zero attached hydrogens (tertiary/aromatic N) is 1. The third-order valence-electron chi connectivity index (χ3n) is 3.85. The van der Waals surface area contributed by atoms with E-state index in [1.165, 1.54) is 0 Å². The highest BCUT2D eigenvalue weighted by Crippen LogP contribution is 2.25. The van der Waals surface area contributed by atoms with Gasteiger partial charge in [0.2, 0.25) is 5.89 Å². The molecule has 0 saturated heterocycles. The number of anilines is 1. The third-order valence-corrected chi connectivity index (χ3v) is 4.32. The van der Waals surface area contributed by atoms with Gasteiger partial charge in [-0.15, -0.1) is 0 Å². The Bertz CT molecular complexity index is 940. The molecule has 3 aromatic rings. The first-order valence-corrected chi connectivity index (χ1v) is 9.34. The highest BCUT2D eigenvalue weighted by atomic mass is 35.5. The normalized spacial score (nSPS) is 10.6. The van der Waals surface area contributed by atoms with Gasteiger partial charge < -0.3 is 15.1 Å². The van der Waals surface area contributed by atoms with Crippen LogP contribution in [0.1, 0.15) is 29.6 Å². The van der Waals surface area contributed by atoms with Gasteiger partial charge in [0.1, 0.15) is 0 Å². The number of hydrogen-bond acceptors (Lipinski definition) is 4. The number of benzene rings is 2. The van der Waals surface area contributed by atoms with E-state index in [0.29, 0.717) is 46.0 Å². The molecule has 1 heterocycles. The molecule has 0 aliphatic carbocycles. The first-order valence-electron chi connectivity index (χ1n) is 8.59. The van der Waals surface area contributed by atoms with Crippen molar-refractivity contribution in [3.05, 3.63) is 70.2 Å². The van der Waals surface area contributed by atoms with E-state index in [0.717, 1.165) is 12.0 Å². The molecule has 2 aromatic carbocycles. The topological polar surface area (TPSA) is 67.2 Å². The monoisotopic (exact) mass is 403 g/mol. The molecule has 27 heavy (non-hydrogen) atoms. The van der Waals surface area contributed by atoms with Crippen molar-refractivity contribution in [3.8, 4) is 11.3 Å². The lowest BCUT2D eigenvalue weighted by Gasteiger charge is -2.11. The summed E-state index contributed by atoms with van der Waals surface area (Å²) < 4.78 is 5.78. The van der Waals surface area contributed by atoms with E-state index < -0.39 is 0 Å². The second-order valence-electron chi connectivity index (χ2n) is 5.93. The number of aromatic nitrogens is 1. The summed E-state index contributed by atoms with van der Waals surface area (Å²) in [5.41, 5.74) is 2.00. The lowest BCUT2D eigenvalue weighted by atomic mass is 10.1. The van der Waals surface area contributed by atoms with Crippen LogP contribution in [-0.2, 0) is 6.54 Å². The lowest BCUT2D eigenvalue weighted by Crippen LogP contribution is -2.25. The predicted molar refractivity (Wildman–Crippen MR) is 108 cm³/mol. The highest BCUT2D eigenvalue weighted by molar-refractivity contribution is 6.31. The van der Waals surface area contributed by atoms with Crippen LogP contribution in [0.3, 0.4) is 0 Å². The number of amides is 1. The summed E-state index contributed by atoms with van der Waals surface area (Å²) in [7, 11) is 0. The fraction of sp³-hybridized carbons (Fsp3) is 0.200. The van der Waals surface area contributed by atoms with Crippen LogP contribution in [0.4, 0.5) is 5.69 Å². The van der Waals surface area contributed by atoms with Crippen LogP contribution in [0.5, 0.6) is 0 Å². The summed E-state index contributed by atoms with van der Waals surface area (Å²) in [5, 5.41) is 7.21. The molecule has 0 unspecified atom stereocenters. The average molecular weight is 404 g/mol. The SMILES string of the molecule is CCCNC(=O)c1ccc(Cl)cc1NCc1ncc(-c2cccc(Cl)c2)o1. The number of nitrogens with one attached hydrogen (secondary N) is 2. The van der Waals surface area contributed by atoms with Gasteiger partial charge in [-0.25, -0.2) is 4.98 Å². The van der Waals surface area contributed by atoms with Gasteiger partial charge in [-0.1, -0.05) is 42.3 Å². The lowest BCUT2D eigenvalue weighted by molar-refractivity contribution is 0.0954. The van der Waals surface area contributed by atoms with Gasteiger partial charge in [0.05, 0.1) is 18.3 Å². The molecule has 140 valence electrons. The molecule has 0 aliphatic rings. The minimum atomic E-state index is -0.150. The second kappa shape index (κ2) is 8.93. The third kappa shape index (κ3) is 5.02. The molecule has 2 N–H and O–H groups in total. The molecule has 0 saturated carbocycles. The van der Waals surface area contributed by atoms with Crippen molar-refractivity contribution in [2.75, 3.05) is 11.9 Å². The van der Waals surface area contributed by atoms with E-state index in [4.69, 9.17) is 27.6 Å². The van der Waals surface area contributed by atoms with Crippen LogP contribution >= 0.6 is 23.2 Å². The zero-order valence-electron chi connectivity index (χ0n) is 14.8. The van der Waals surface area contributed by atoms with Crippen molar-refractivity contribution in [2.24, 2.45) is 0 Å². The van der Waals surface area contributed by atoms with Gasteiger partial charge in [-0.2, -0.15) is 0 Å². The van der Waals surface area contributed by atoms with Gasteiger partial charge in [0.25, 0.3) is 5.91 Å². The standard InChI is InChI=1S/C20H19Cl2N3O2/c1-2-8-23-20(26)16-7-6-15(22)10-17(16)24-12-19-25-11-18(27-19)13-4-3-5-14(21)9-13/h3-7,9-11,24H,2,8,12H2,1H3,(H,23,26). The van der Waals surface area contributed by atoms with Gasteiger partial charge in [-0.05, 0) is 36.8 Å². The maximum absolute atomic E-state index is 12.3. The first-order chi connectivity index (χ1) is 13.1. The quantitative estimate of drug-likeness (QED) is 0.553. The Hall–Kier alpha value is -2.50. The molecule has 0 fully saturated rings. The van der Waals surface area contributed by atoms with Crippen molar-refractivity contribution in [1.82, 2.24) is 10.3 Å². The summed E-state index contributed by atoms with van der Waals surface area (Å²) in [4.78, 5) is 16.6. The molecule has 0 aliphatic heterocycles. The van der Waals surface area contributed by atoms with Crippen molar-refractivity contribution < 1.29 is 9.21 Å². The Balaban J connectivity index is 1.73. The molecule has 0 radical (unpaired) electrons. The average Bonchev–Trinajstić information content (AvgIpc) is 3.13. The maximum atomic E-state index is 12.3. The van der Waals surface area contributed by atoms with Gasteiger partial charge in [0, 0.05) is 27.8 Å². The van der Waals surface area contributed by atoms with Crippen LogP contribution in [0, 0.1) is 0 Å². The summed E-state index contributed by atoms with van der Waals surface area (Å²) >= 11 is 12.1. The van der Waals surface area contributed by atoms with E-state index >= 15 is 0 Å². The molecule has 7 heteroatoms. The summed E-state index contributed by atoms with van der Waals surface area (Å²) in [5.74, 6) is 0.967. The van der Waals surface area contributed by atoms with Crippen molar-refractivity contribution in [3.63, 3.8) is 0 Å². The minimum absolute atomic E-state index is 0.150. The van der Waals surface area contributed by atoms with Crippen LogP contribution in [0.2, 0.25) is 10.0 Å². The predicted octanol–water partition coefficient (Wildman–Crippen LogP) is 5.40. The molecular weight excluding hydrogens is 385 g/mol. The van der Waals surface area contributed by atoms with Crippen LogP contribution in [0.15, 0.2) is 53.1 Å². The summed E-state index contributed by atoms with van der Waals surface area (Å²) in [6.45, 7) is 2.93. The minimum Gasteiger partial charge on any atom is -0.439 e. The Morgan fingerprint density at radius 2 is 1.96 bits per heavy atom. The number of oxazole rings is 1. The van der Waals surface area contributed by atoms with E-state index in [9.17, 15) is 4.79 Å². The maximum Gasteiger partial charge on any atom is 0.253 e. The van der Waals surface area contributed by atoms with Crippen molar-refractivity contribution in [2.45, 2.75) is 19.9 Å². The Morgan fingerprint density at radius 3 is 2.74 bits per heavy atom. The van der Waals surface area contributed by atoms with Crippen LogP contribution in [0.25, 0.3) is 11.3 Å². The Labute approximate surface area is 167 Å². The van der Waals surface area contributed by atoms with E-state index in [1.807, 2.05) is 25.1 Å². The smallest absolute Gasteiger partial charge is 0.253 e. The fourth-order valence-corrected chi connectivity index (χ4v) is 2.89.